The summed E-state index contributed by atoms with van der Waals surface area (Å²) in [5.41, 5.74) is 6.80. The number of anilines is 1. The number of carbonyl (C=O) groups excluding carboxylic acids is 1. The fourth-order valence-electron chi connectivity index (χ4n) is 3.48. The van der Waals surface area contributed by atoms with Crippen LogP contribution in [0.15, 0.2) is 36.4 Å². The van der Waals surface area contributed by atoms with Gasteiger partial charge in [-0.2, -0.15) is 0 Å². The van der Waals surface area contributed by atoms with Crippen LogP contribution >= 0.6 is 0 Å². The number of hydrogen-bond acceptors (Lipinski definition) is 6. The molecule has 0 saturated carbocycles. The monoisotopic (exact) mass is 441 g/mol. The number of amides is 1. The maximum atomic E-state index is 8.94. The molecule has 0 aromatic heterocycles. The molecule has 2 aromatic carbocycles. The number of nitrogens with two attached hydrogens (primary N) is 1. The van der Waals surface area contributed by atoms with E-state index in [0.29, 0.717) is 13.0 Å². The van der Waals surface area contributed by atoms with Gasteiger partial charge in [-0.25, -0.2) is 5.84 Å². The molecule has 0 bridgehead atoms. The van der Waals surface area contributed by atoms with Crippen molar-refractivity contribution in [3.05, 3.63) is 53.1 Å². The zero-order valence-electron chi connectivity index (χ0n) is 20.2. The number of hydrogen-bond donors (Lipinski definition) is 3. The van der Waals surface area contributed by atoms with Crippen molar-refractivity contribution in [3.63, 3.8) is 0 Å². The first kappa shape index (κ1) is 25.7. The van der Waals surface area contributed by atoms with Gasteiger partial charge in [-0.15, -0.1) is 0 Å². The molecule has 1 amide bonds. The Labute approximate surface area is 192 Å². The van der Waals surface area contributed by atoms with Gasteiger partial charge in [0.25, 0.3) is 0 Å². The number of rotatable bonds is 7. The van der Waals surface area contributed by atoms with Crippen molar-refractivity contribution >= 4 is 24.7 Å². The van der Waals surface area contributed by atoms with E-state index in [4.69, 9.17) is 18.8 Å². The largest absolute Gasteiger partial charge is 0.494 e. The van der Waals surface area contributed by atoms with E-state index in [1.807, 2.05) is 19.2 Å². The van der Waals surface area contributed by atoms with Crippen LogP contribution in [-0.2, 0) is 27.1 Å². The van der Waals surface area contributed by atoms with Crippen LogP contribution in [0.1, 0.15) is 51.3 Å². The molecular weight excluding hydrogens is 405 g/mol. The molecule has 1 aliphatic heterocycles. The SMILES string of the molecule is CCc1cccc(NC)c1COc1ccc(B2OC(C)(C)C(C)(C)O2)cc1C.NNC=O. The third kappa shape index (κ3) is 5.82. The minimum absolute atomic E-state index is 0.339. The summed E-state index contributed by atoms with van der Waals surface area (Å²) in [6.45, 7) is 13.1. The normalized spacial score (nSPS) is 16.1. The van der Waals surface area contributed by atoms with E-state index < -0.39 is 0 Å². The van der Waals surface area contributed by atoms with Gasteiger partial charge in [-0.05, 0) is 69.8 Å². The molecule has 8 heteroatoms. The number of aryl methyl sites for hydroxylation is 2. The molecule has 32 heavy (non-hydrogen) atoms. The highest BCUT2D eigenvalue weighted by atomic mass is 16.7. The number of carbonyl (C=O) groups is 1. The maximum absolute atomic E-state index is 8.94. The molecule has 1 saturated heterocycles. The third-order valence-electron chi connectivity index (χ3n) is 6.09. The zero-order chi connectivity index (χ0) is 23.9. The minimum atomic E-state index is -0.352. The van der Waals surface area contributed by atoms with Crippen LogP contribution in [-0.4, -0.2) is 31.8 Å². The Bertz CT molecular complexity index is 880. The summed E-state index contributed by atoms with van der Waals surface area (Å²) in [6, 6.07) is 12.5. The third-order valence-corrected chi connectivity index (χ3v) is 6.09. The second kappa shape index (κ2) is 10.9. The van der Waals surface area contributed by atoms with Crippen LogP contribution in [0.25, 0.3) is 0 Å². The Morgan fingerprint density at radius 3 is 2.25 bits per heavy atom. The van der Waals surface area contributed by atoms with Crippen molar-refractivity contribution < 1.29 is 18.8 Å². The first-order valence-corrected chi connectivity index (χ1v) is 10.9. The van der Waals surface area contributed by atoms with Crippen molar-refractivity contribution in [2.24, 2.45) is 5.84 Å². The molecule has 7 nitrogen and oxygen atoms in total. The Balaban J connectivity index is 0.000000837. The summed E-state index contributed by atoms with van der Waals surface area (Å²) in [5.74, 6) is 5.29. The van der Waals surface area contributed by atoms with E-state index in [-0.39, 0.29) is 18.3 Å². The summed E-state index contributed by atoms with van der Waals surface area (Å²) >= 11 is 0. The van der Waals surface area contributed by atoms with Crippen LogP contribution in [0.2, 0.25) is 0 Å². The quantitative estimate of drug-likeness (QED) is 0.201. The summed E-state index contributed by atoms with van der Waals surface area (Å²) in [5, 5.41) is 3.27. The molecule has 174 valence electrons. The van der Waals surface area contributed by atoms with E-state index in [1.165, 1.54) is 11.1 Å². The van der Waals surface area contributed by atoms with Crippen LogP contribution in [0.3, 0.4) is 0 Å². The zero-order valence-corrected chi connectivity index (χ0v) is 20.2. The van der Waals surface area contributed by atoms with E-state index >= 15 is 0 Å². The molecule has 0 radical (unpaired) electrons. The van der Waals surface area contributed by atoms with Gasteiger partial charge in [-0.1, -0.05) is 31.2 Å². The lowest BCUT2D eigenvalue weighted by molar-refractivity contribution is -0.109. The van der Waals surface area contributed by atoms with Crippen LogP contribution in [0, 0.1) is 6.92 Å². The highest BCUT2D eigenvalue weighted by Crippen LogP contribution is 2.36. The number of hydrazine groups is 1. The fourth-order valence-corrected chi connectivity index (χ4v) is 3.48. The lowest BCUT2D eigenvalue weighted by atomic mass is 9.78. The molecule has 1 fully saturated rings. The van der Waals surface area contributed by atoms with Gasteiger partial charge < -0.3 is 19.4 Å². The predicted octanol–water partition coefficient (Wildman–Crippen LogP) is 3.08. The van der Waals surface area contributed by atoms with Gasteiger partial charge in [0.05, 0.1) is 11.2 Å². The smallest absolute Gasteiger partial charge is 0.489 e. The Hall–Kier alpha value is -2.55. The molecule has 0 aliphatic carbocycles. The van der Waals surface area contributed by atoms with Crippen LogP contribution in [0.5, 0.6) is 5.75 Å². The molecule has 0 spiro atoms. The van der Waals surface area contributed by atoms with E-state index in [2.05, 4.69) is 77.0 Å². The summed E-state index contributed by atoms with van der Waals surface area (Å²) in [7, 11) is 1.59. The second-order valence-electron chi connectivity index (χ2n) is 8.73. The predicted molar refractivity (Wildman–Crippen MR) is 130 cm³/mol. The Kier molecular flexibility index (Phi) is 8.72. The van der Waals surface area contributed by atoms with E-state index in [9.17, 15) is 0 Å². The summed E-state index contributed by atoms with van der Waals surface area (Å²) in [4.78, 5) is 8.94. The Morgan fingerprint density at radius 2 is 1.75 bits per heavy atom. The lowest BCUT2D eigenvalue weighted by Gasteiger charge is -2.32. The van der Waals surface area contributed by atoms with E-state index in [0.717, 1.165) is 28.9 Å². The summed E-state index contributed by atoms with van der Waals surface area (Å²) in [6.07, 6.45) is 1.38. The first-order valence-electron chi connectivity index (χ1n) is 10.9. The average Bonchev–Trinajstić information content (AvgIpc) is 2.99. The van der Waals surface area contributed by atoms with Crippen molar-refractivity contribution in [1.29, 1.82) is 0 Å². The molecule has 4 N–H and O–H groups in total. The van der Waals surface area contributed by atoms with Gasteiger partial charge in [-0.3, -0.25) is 10.2 Å². The van der Waals surface area contributed by atoms with E-state index in [1.54, 1.807) is 5.43 Å². The maximum Gasteiger partial charge on any atom is 0.494 e. The Morgan fingerprint density at radius 1 is 1.12 bits per heavy atom. The fraction of sp³-hybridized carbons (Fsp3) is 0.458. The molecule has 2 aromatic rings. The van der Waals surface area contributed by atoms with Gasteiger partial charge in [0.1, 0.15) is 12.4 Å². The number of benzene rings is 2. The van der Waals surface area contributed by atoms with Gasteiger partial charge in [0, 0.05) is 18.3 Å². The minimum Gasteiger partial charge on any atom is -0.489 e. The molecule has 1 aliphatic rings. The molecule has 1 heterocycles. The molecular formula is C24H36BN3O4. The summed E-state index contributed by atoms with van der Waals surface area (Å²) < 4.78 is 18.5. The molecule has 0 atom stereocenters. The molecule has 0 unspecified atom stereocenters. The van der Waals surface area contributed by atoms with Crippen molar-refractivity contribution in [2.75, 3.05) is 12.4 Å². The van der Waals surface area contributed by atoms with Crippen LogP contribution in [0.4, 0.5) is 5.69 Å². The van der Waals surface area contributed by atoms with Crippen LogP contribution < -0.4 is 26.8 Å². The first-order chi connectivity index (χ1) is 15.1. The highest BCUT2D eigenvalue weighted by Gasteiger charge is 2.51. The van der Waals surface area contributed by atoms with Crippen molar-refractivity contribution in [2.45, 2.75) is 65.8 Å². The number of nitrogens with one attached hydrogen (secondary N) is 2. The standard InChI is InChI=1S/C23H32BNO3.CH4N2O/c1-8-17-10-9-11-20(25-7)19(17)15-26-21-13-12-18(14-16(21)2)24-27-22(3,4)23(5,6)28-24;2-3-1-4/h9-14,25H,8,15H2,1-7H3;1H,2H2,(H,3,4). The highest BCUT2D eigenvalue weighted by molar-refractivity contribution is 6.62. The lowest BCUT2D eigenvalue weighted by Crippen LogP contribution is -2.41. The van der Waals surface area contributed by atoms with Gasteiger partial charge in [0.2, 0.25) is 6.41 Å². The van der Waals surface area contributed by atoms with Gasteiger partial charge in [0.15, 0.2) is 0 Å². The second-order valence-corrected chi connectivity index (χ2v) is 8.73. The number of ether oxygens (including phenoxy) is 1. The van der Waals surface area contributed by atoms with Gasteiger partial charge >= 0.3 is 7.12 Å². The molecule has 3 rings (SSSR count). The van der Waals surface area contributed by atoms with Crippen molar-refractivity contribution in [1.82, 2.24) is 5.43 Å². The average molecular weight is 441 g/mol. The topological polar surface area (TPSA) is 94.8 Å². The van der Waals surface area contributed by atoms with Crippen molar-refractivity contribution in [3.8, 4) is 5.75 Å².